The third-order valence-corrected chi connectivity index (χ3v) is 2.87. The molecule has 0 saturated carbocycles. The van der Waals surface area contributed by atoms with Crippen LogP contribution in [-0.4, -0.2) is 48.1 Å². The Morgan fingerprint density at radius 2 is 2.06 bits per heavy atom. The van der Waals surface area contributed by atoms with Crippen molar-refractivity contribution in [3.8, 4) is 0 Å². The lowest BCUT2D eigenvalue weighted by atomic mass is 10.1. The lowest BCUT2D eigenvalue weighted by molar-refractivity contribution is -0.138. The molecule has 1 atom stereocenters. The van der Waals surface area contributed by atoms with Gasteiger partial charge < -0.3 is 10.1 Å². The van der Waals surface area contributed by atoms with Crippen LogP contribution < -0.4 is 5.32 Å². The Morgan fingerprint density at radius 1 is 1.41 bits per heavy atom. The number of carbonyl (C=O) groups is 2. The molecule has 0 radical (unpaired) electrons. The van der Waals surface area contributed by atoms with Crippen molar-refractivity contribution in [3.63, 3.8) is 0 Å². The Labute approximate surface area is 102 Å². The largest absolute Gasteiger partial charge is 0.375 e. The highest BCUT2D eigenvalue weighted by Gasteiger charge is 2.37. The van der Waals surface area contributed by atoms with Gasteiger partial charge in [0.2, 0.25) is 11.8 Å². The molecule has 1 saturated heterocycles. The van der Waals surface area contributed by atoms with Crippen LogP contribution in [0.25, 0.3) is 0 Å². The maximum Gasteiger partial charge on any atom is 0.246 e. The van der Waals surface area contributed by atoms with Crippen molar-refractivity contribution in [1.29, 1.82) is 0 Å². The zero-order valence-electron chi connectivity index (χ0n) is 11.1. The Kier molecular flexibility index (Phi) is 4.65. The summed E-state index contributed by atoms with van der Waals surface area (Å²) in [6, 6.07) is -0.387. The summed E-state index contributed by atoms with van der Waals surface area (Å²) in [5.41, 5.74) is -0.322. The van der Waals surface area contributed by atoms with Crippen molar-refractivity contribution in [2.24, 2.45) is 0 Å². The molecule has 1 unspecified atom stereocenters. The van der Waals surface area contributed by atoms with Crippen LogP contribution in [0, 0.1) is 0 Å². The van der Waals surface area contributed by atoms with Crippen molar-refractivity contribution in [2.45, 2.75) is 45.8 Å². The number of rotatable bonds is 6. The van der Waals surface area contributed by atoms with Gasteiger partial charge in [-0.2, -0.15) is 0 Å². The smallest absolute Gasteiger partial charge is 0.246 e. The second-order valence-electron chi connectivity index (χ2n) is 4.81. The fraction of sp³-hybridized carbons (Fsp3) is 0.833. The molecule has 0 aromatic rings. The quantitative estimate of drug-likeness (QED) is 0.691. The summed E-state index contributed by atoms with van der Waals surface area (Å²) in [5, 5.41) is 3.11. The number of hydrogen-bond donors (Lipinski definition) is 1. The minimum Gasteiger partial charge on any atom is -0.375 e. The van der Waals surface area contributed by atoms with Gasteiger partial charge in [-0.25, -0.2) is 0 Å². The van der Waals surface area contributed by atoms with Crippen LogP contribution in [0.15, 0.2) is 0 Å². The van der Waals surface area contributed by atoms with Crippen LogP contribution in [0.4, 0.5) is 0 Å². The average Bonchev–Trinajstić information content (AvgIpc) is 2.51. The summed E-state index contributed by atoms with van der Waals surface area (Å²) in [7, 11) is 0. The Bertz CT molecular complexity index is 302. The monoisotopic (exact) mass is 242 g/mol. The fourth-order valence-corrected chi connectivity index (χ4v) is 1.99. The highest BCUT2D eigenvalue weighted by molar-refractivity contribution is 6.05. The van der Waals surface area contributed by atoms with Crippen LogP contribution in [0.2, 0.25) is 0 Å². The molecule has 1 aliphatic heterocycles. The summed E-state index contributed by atoms with van der Waals surface area (Å²) in [6.07, 6.45) is 0.259. The maximum atomic E-state index is 11.8. The van der Waals surface area contributed by atoms with E-state index in [1.165, 1.54) is 4.90 Å². The van der Waals surface area contributed by atoms with E-state index >= 15 is 0 Å². The molecule has 0 aromatic carbocycles. The molecule has 1 heterocycles. The first-order valence-corrected chi connectivity index (χ1v) is 6.12. The predicted molar refractivity (Wildman–Crippen MR) is 64.5 cm³/mol. The van der Waals surface area contributed by atoms with Gasteiger partial charge in [-0.15, -0.1) is 0 Å². The van der Waals surface area contributed by atoms with Gasteiger partial charge in [-0.3, -0.25) is 14.5 Å². The van der Waals surface area contributed by atoms with Gasteiger partial charge in [0.25, 0.3) is 0 Å². The number of nitrogens with zero attached hydrogens (tertiary/aromatic N) is 1. The molecule has 0 aromatic heterocycles. The lowest BCUT2D eigenvalue weighted by Gasteiger charge is -2.26. The van der Waals surface area contributed by atoms with Crippen molar-refractivity contribution >= 4 is 11.8 Å². The standard InChI is InChI=1S/C12H22N2O3/c1-5-14-10(15)7-9(11(14)16)13-8-12(3,4)17-6-2/h9,13H,5-8H2,1-4H3. The first-order chi connectivity index (χ1) is 7.91. The fourth-order valence-electron chi connectivity index (χ4n) is 1.99. The first-order valence-electron chi connectivity index (χ1n) is 6.12. The Hall–Kier alpha value is -0.940. The average molecular weight is 242 g/mol. The van der Waals surface area contributed by atoms with Gasteiger partial charge >= 0.3 is 0 Å². The summed E-state index contributed by atoms with van der Waals surface area (Å²) in [6.45, 7) is 9.30. The van der Waals surface area contributed by atoms with E-state index in [-0.39, 0.29) is 29.9 Å². The molecule has 0 bridgehead atoms. The second kappa shape index (κ2) is 5.60. The van der Waals surface area contributed by atoms with Crippen molar-refractivity contribution < 1.29 is 14.3 Å². The normalized spacial score (nSPS) is 21.4. The van der Waals surface area contributed by atoms with Crippen LogP contribution in [0.5, 0.6) is 0 Å². The number of likely N-dealkylation sites (N-methyl/N-ethyl adjacent to an activating group) is 1. The zero-order valence-corrected chi connectivity index (χ0v) is 11.1. The highest BCUT2D eigenvalue weighted by Crippen LogP contribution is 2.14. The molecule has 5 heteroatoms. The van der Waals surface area contributed by atoms with Crippen molar-refractivity contribution in [3.05, 3.63) is 0 Å². The highest BCUT2D eigenvalue weighted by atomic mass is 16.5. The number of ether oxygens (including phenoxy) is 1. The third kappa shape index (κ3) is 3.51. The molecule has 1 N–H and O–H groups in total. The Morgan fingerprint density at radius 3 is 2.53 bits per heavy atom. The molecular formula is C12H22N2O3. The molecule has 5 nitrogen and oxygen atoms in total. The SMILES string of the molecule is CCOC(C)(C)CNC1CC(=O)N(CC)C1=O. The molecule has 98 valence electrons. The van der Waals surface area contributed by atoms with E-state index in [9.17, 15) is 9.59 Å². The van der Waals surface area contributed by atoms with E-state index in [1.54, 1.807) is 0 Å². The van der Waals surface area contributed by atoms with Crippen LogP contribution in [0.1, 0.15) is 34.1 Å². The number of hydrogen-bond acceptors (Lipinski definition) is 4. The minimum absolute atomic E-state index is 0.0933. The molecule has 0 spiro atoms. The van der Waals surface area contributed by atoms with Gasteiger partial charge in [-0.1, -0.05) is 0 Å². The second-order valence-corrected chi connectivity index (χ2v) is 4.81. The molecule has 1 rings (SSSR count). The summed E-state index contributed by atoms with van der Waals surface area (Å²) in [4.78, 5) is 24.6. The van der Waals surface area contributed by atoms with Crippen molar-refractivity contribution in [1.82, 2.24) is 10.2 Å². The first kappa shape index (κ1) is 14.1. The van der Waals surface area contributed by atoms with Crippen molar-refractivity contribution in [2.75, 3.05) is 19.7 Å². The van der Waals surface area contributed by atoms with Crippen LogP contribution >= 0.6 is 0 Å². The van der Waals surface area contributed by atoms with Gasteiger partial charge in [0.1, 0.15) is 0 Å². The van der Waals surface area contributed by atoms with Gasteiger partial charge in [0, 0.05) is 19.7 Å². The molecule has 17 heavy (non-hydrogen) atoms. The zero-order chi connectivity index (χ0) is 13.1. The topological polar surface area (TPSA) is 58.6 Å². The van der Waals surface area contributed by atoms with Gasteiger partial charge in [0.15, 0.2) is 0 Å². The minimum atomic E-state index is -0.387. The van der Waals surface area contributed by atoms with E-state index in [2.05, 4.69) is 5.32 Å². The van der Waals surface area contributed by atoms with E-state index in [0.717, 1.165) is 0 Å². The maximum absolute atomic E-state index is 11.8. The van der Waals surface area contributed by atoms with Gasteiger partial charge in [-0.05, 0) is 27.7 Å². The third-order valence-electron chi connectivity index (χ3n) is 2.87. The molecule has 0 aliphatic carbocycles. The number of amides is 2. The van der Waals surface area contributed by atoms with Crippen LogP contribution in [-0.2, 0) is 14.3 Å². The molecule has 2 amide bonds. The van der Waals surface area contributed by atoms with Gasteiger partial charge in [0.05, 0.1) is 18.1 Å². The number of imide groups is 1. The van der Waals surface area contributed by atoms with E-state index < -0.39 is 0 Å². The van der Waals surface area contributed by atoms with Crippen LogP contribution in [0.3, 0.4) is 0 Å². The Balaban J connectivity index is 2.49. The molecule has 1 fully saturated rings. The lowest BCUT2D eigenvalue weighted by Crippen LogP contribution is -2.45. The number of nitrogens with one attached hydrogen (secondary N) is 1. The number of carbonyl (C=O) groups excluding carboxylic acids is 2. The predicted octanol–water partition coefficient (Wildman–Crippen LogP) is 0.538. The van der Waals surface area contributed by atoms with E-state index in [0.29, 0.717) is 19.7 Å². The van der Waals surface area contributed by atoms with E-state index in [1.807, 2.05) is 27.7 Å². The summed E-state index contributed by atoms with van der Waals surface area (Å²) < 4.78 is 5.53. The van der Waals surface area contributed by atoms with E-state index in [4.69, 9.17) is 4.74 Å². The summed E-state index contributed by atoms with van der Waals surface area (Å²) >= 11 is 0. The molecule has 1 aliphatic rings. The summed E-state index contributed by atoms with van der Waals surface area (Å²) in [5.74, 6) is -0.214. The number of likely N-dealkylation sites (tertiary alicyclic amines) is 1. The molecular weight excluding hydrogens is 220 g/mol.